The lowest BCUT2D eigenvalue weighted by Crippen LogP contribution is -2.29. The topological polar surface area (TPSA) is 69.7 Å². The highest BCUT2D eigenvalue weighted by Gasteiger charge is 2.18. The Morgan fingerprint density at radius 1 is 0.861 bits per heavy atom. The number of hydrogen-bond acceptors (Lipinski definition) is 4. The average molecular weight is 526 g/mol. The number of anilines is 1. The summed E-state index contributed by atoms with van der Waals surface area (Å²) in [5, 5.41) is 3.54. The van der Waals surface area contributed by atoms with Crippen molar-refractivity contribution in [2.45, 2.75) is 38.9 Å². The molecule has 0 saturated carbocycles. The summed E-state index contributed by atoms with van der Waals surface area (Å²) in [4.78, 5) is 15.2. The zero-order valence-corrected chi connectivity index (χ0v) is 22.1. The first kappa shape index (κ1) is 26.2. The molecule has 0 aromatic heterocycles. The minimum atomic E-state index is -3.52. The molecule has 0 atom stereocenters. The monoisotopic (exact) mass is 525 g/mol. The highest BCUT2D eigenvalue weighted by atomic mass is 35.5. The van der Waals surface area contributed by atoms with Gasteiger partial charge in [-0.2, -0.15) is 0 Å². The van der Waals surface area contributed by atoms with Crippen molar-refractivity contribution in [2.24, 2.45) is 0 Å². The molecule has 1 aliphatic rings. The Hall–Kier alpha value is -2.87. The van der Waals surface area contributed by atoms with E-state index in [1.165, 1.54) is 48.5 Å². The Balaban J connectivity index is 1.34. The lowest BCUT2D eigenvalue weighted by atomic mass is 10.1. The standard InChI is InChI=1S/C28H32ClN3O3S/c1-36(34,35)32(21-24-9-13-26(29)14-10-24)27-15-11-25(12-16-27)28(33)30-19-22-5-7-23(8-6-22)20-31-17-3-2-4-18-31/h5-16H,2-4,17-21H2,1H3,(H,30,33). The SMILES string of the molecule is CS(=O)(=O)N(Cc1ccc(Cl)cc1)c1ccc(C(=O)NCc2ccc(CN3CCCCC3)cc2)cc1. The van der Waals surface area contributed by atoms with E-state index in [2.05, 4.69) is 34.5 Å². The van der Waals surface area contributed by atoms with Crippen molar-refractivity contribution in [3.8, 4) is 0 Å². The number of amides is 1. The zero-order chi connectivity index (χ0) is 25.5. The molecule has 0 unspecified atom stereocenters. The maximum absolute atomic E-state index is 12.7. The molecule has 1 heterocycles. The Labute approximate surface area is 218 Å². The van der Waals surface area contributed by atoms with Crippen LogP contribution in [0.3, 0.4) is 0 Å². The second-order valence-corrected chi connectivity index (χ2v) is 11.6. The van der Waals surface area contributed by atoms with Gasteiger partial charge in [-0.15, -0.1) is 0 Å². The second kappa shape index (κ2) is 11.9. The van der Waals surface area contributed by atoms with E-state index in [1.807, 2.05) is 0 Å². The molecule has 3 aromatic carbocycles. The van der Waals surface area contributed by atoms with Crippen molar-refractivity contribution < 1.29 is 13.2 Å². The third-order valence-corrected chi connectivity index (χ3v) is 7.78. The first-order valence-electron chi connectivity index (χ1n) is 12.2. The van der Waals surface area contributed by atoms with Crippen molar-refractivity contribution >= 4 is 33.2 Å². The van der Waals surface area contributed by atoms with E-state index < -0.39 is 10.0 Å². The number of likely N-dealkylation sites (tertiary alicyclic amines) is 1. The van der Waals surface area contributed by atoms with Crippen molar-refractivity contribution in [3.63, 3.8) is 0 Å². The normalized spacial score (nSPS) is 14.4. The van der Waals surface area contributed by atoms with Crippen LogP contribution in [0.4, 0.5) is 5.69 Å². The van der Waals surface area contributed by atoms with Gasteiger partial charge in [-0.1, -0.05) is 54.4 Å². The van der Waals surface area contributed by atoms with E-state index in [4.69, 9.17) is 11.6 Å². The zero-order valence-electron chi connectivity index (χ0n) is 20.5. The molecule has 1 amide bonds. The lowest BCUT2D eigenvalue weighted by molar-refractivity contribution is 0.0951. The van der Waals surface area contributed by atoms with Crippen LogP contribution in [0.15, 0.2) is 72.8 Å². The molecule has 0 radical (unpaired) electrons. The molecule has 1 saturated heterocycles. The van der Waals surface area contributed by atoms with Crippen LogP contribution in [0.1, 0.15) is 46.3 Å². The van der Waals surface area contributed by atoms with E-state index in [9.17, 15) is 13.2 Å². The summed E-state index contributed by atoms with van der Waals surface area (Å²) < 4.78 is 26.2. The molecule has 1 N–H and O–H groups in total. The number of sulfonamides is 1. The predicted molar refractivity (Wildman–Crippen MR) is 146 cm³/mol. The summed E-state index contributed by atoms with van der Waals surface area (Å²) in [5.41, 5.74) is 4.10. The molecule has 190 valence electrons. The summed E-state index contributed by atoms with van der Waals surface area (Å²) in [6.07, 6.45) is 5.05. The molecule has 1 aliphatic heterocycles. The van der Waals surface area contributed by atoms with Crippen LogP contribution >= 0.6 is 11.6 Å². The van der Waals surface area contributed by atoms with E-state index in [1.54, 1.807) is 48.5 Å². The maximum Gasteiger partial charge on any atom is 0.251 e. The number of benzene rings is 3. The summed E-state index contributed by atoms with van der Waals surface area (Å²) in [6.45, 7) is 3.91. The molecule has 1 fully saturated rings. The van der Waals surface area contributed by atoms with Gasteiger partial charge in [0.05, 0.1) is 18.5 Å². The predicted octanol–water partition coefficient (Wildman–Crippen LogP) is 5.22. The first-order chi connectivity index (χ1) is 17.3. The van der Waals surface area contributed by atoms with Gasteiger partial charge in [-0.3, -0.25) is 14.0 Å². The summed E-state index contributed by atoms with van der Waals surface area (Å²) in [7, 11) is -3.52. The summed E-state index contributed by atoms with van der Waals surface area (Å²) >= 11 is 5.94. The maximum atomic E-state index is 12.7. The third-order valence-electron chi connectivity index (χ3n) is 6.39. The lowest BCUT2D eigenvalue weighted by Gasteiger charge is -2.26. The van der Waals surface area contributed by atoms with Gasteiger partial charge < -0.3 is 5.32 Å². The third kappa shape index (κ3) is 7.32. The van der Waals surface area contributed by atoms with Crippen LogP contribution in [-0.4, -0.2) is 38.6 Å². The van der Waals surface area contributed by atoms with Gasteiger partial charge in [-0.25, -0.2) is 8.42 Å². The van der Waals surface area contributed by atoms with E-state index in [0.717, 1.165) is 17.7 Å². The number of hydrogen-bond donors (Lipinski definition) is 1. The molecule has 4 rings (SSSR count). The minimum absolute atomic E-state index is 0.176. The molecular weight excluding hydrogens is 494 g/mol. The molecular formula is C28H32ClN3O3S. The molecule has 6 nitrogen and oxygen atoms in total. The number of nitrogens with one attached hydrogen (secondary N) is 1. The van der Waals surface area contributed by atoms with Crippen LogP contribution < -0.4 is 9.62 Å². The number of carbonyl (C=O) groups is 1. The van der Waals surface area contributed by atoms with Crippen molar-refractivity contribution in [1.82, 2.24) is 10.2 Å². The van der Waals surface area contributed by atoms with Gasteiger partial charge in [0.25, 0.3) is 5.91 Å². The Kier molecular flexibility index (Phi) is 8.67. The van der Waals surface area contributed by atoms with Gasteiger partial charge in [0.1, 0.15) is 0 Å². The fourth-order valence-electron chi connectivity index (χ4n) is 4.36. The average Bonchev–Trinajstić information content (AvgIpc) is 2.88. The van der Waals surface area contributed by atoms with Crippen molar-refractivity contribution in [3.05, 3.63) is 100 Å². The van der Waals surface area contributed by atoms with Crippen LogP contribution in [-0.2, 0) is 29.7 Å². The molecule has 0 spiro atoms. The molecule has 3 aromatic rings. The van der Waals surface area contributed by atoms with Gasteiger partial charge >= 0.3 is 0 Å². The highest BCUT2D eigenvalue weighted by molar-refractivity contribution is 7.92. The number of nitrogens with zero attached hydrogens (tertiary/aromatic N) is 2. The molecule has 0 bridgehead atoms. The first-order valence-corrected chi connectivity index (χ1v) is 14.4. The molecule has 36 heavy (non-hydrogen) atoms. The van der Waals surface area contributed by atoms with Crippen LogP contribution in [0.5, 0.6) is 0 Å². The fourth-order valence-corrected chi connectivity index (χ4v) is 5.37. The van der Waals surface area contributed by atoms with Gasteiger partial charge in [0.15, 0.2) is 0 Å². The molecule has 0 aliphatic carbocycles. The Bertz CT molecular complexity index is 1250. The Morgan fingerprint density at radius 2 is 1.44 bits per heavy atom. The highest BCUT2D eigenvalue weighted by Crippen LogP contribution is 2.22. The van der Waals surface area contributed by atoms with Crippen LogP contribution in [0.25, 0.3) is 0 Å². The second-order valence-electron chi connectivity index (χ2n) is 9.28. The minimum Gasteiger partial charge on any atom is -0.348 e. The van der Waals surface area contributed by atoms with Crippen LogP contribution in [0.2, 0.25) is 5.02 Å². The molecule has 8 heteroatoms. The van der Waals surface area contributed by atoms with E-state index in [-0.39, 0.29) is 12.5 Å². The van der Waals surface area contributed by atoms with Gasteiger partial charge in [-0.05, 0) is 79.0 Å². The number of piperidine rings is 1. The van der Waals surface area contributed by atoms with E-state index in [0.29, 0.717) is 22.8 Å². The largest absolute Gasteiger partial charge is 0.348 e. The number of rotatable bonds is 9. The van der Waals surface area contributed by atoms with Crippen molar-refractivity contribution in [1.29, 1.82) is 0 Å². The number of carbonyl (C=O) groups excluding carboxylic acids is 1. The summed E-state index contributed by atoms with van der Waals surface area (Å²) in [5.74, 6) is -0.206. The fraction of sp³-hybridized carbons (Fsp3) is 0.321. The van der Waals surface area contributed by atoms with Crippen LogP contribution in [0, 0.1) is 0 Å². The van der Waals surface area contributed by atoms with Gasteiger partial charge in [0.2, 0.25) is 10.0 Å². The van der Waals surface area contributed by atoms with Gasteiger partial charge in [0, 0.05) is 23.7 Å². The Morgan fingerprint density at radius 3 is 2.06 bits per heavy atom. The quantitative estimate of drug-likeness (QED) is 0.415. The smallest absolute Gasteiger partial charge is 0.251 e. The number of halogens is 1. The summed E-state index contributed by atoms with van der Waals surface area (Å²) in [6, 6.07) is 22.0. The van der Waals surface area contributed by atoms with E-state index >= 15 is 0 Å². The van der Waals surface area contributed by atoms with Crippen molar-refractivity contribution in [2.75, 3.05) is 23.7 Å².